The molecular formula is C23H19NO. The van der Waals surface area contributed by atoms with Gasteiger partial charge in [0.15, 0.2) is 5.78 Å². The molecule has 0 bridgehead atoms. The first kappa shape index (κ1) is 15.5. The van der Waals surface area contributed by atoms with Crippen molar-refractivity contribution in [3.8, 4) is 0 Å². The number of pyridine rings is 1. The molecule has 0 aliphatic heterocycles. The van der Waals surface area contributed by atoms with E-state index in [4.69, 9.17) is 0 Å². The summed E-state index contributed by atoms with van der Waals surface area (Å²) in [5.74, 6) is 0.472. The summed E-state index contributed by atoms with van der Waals surface area (Å²) in [6.07, 6.45) is 6.03. The summed E-state index contributed by atoms with van der Waals surface area (Å²) in [7, 11) is 0. The highest BCUT2D eigenvalue weighted by atomic mass is 16.1. The van der Waals surface area contributed by atoms with Gasteiger partial charge in [0.25, 0.3) is 0 Å². The van der Waals surface area contributed by atoms with Crippen molar-refractivity contribution in [3.63, 3.8) is 0 Å². The molecule has 2 nitrogen and oxygen atoms in total. The molecule has 122 valence electrons. The van der Waals surface area contributed by atoms with Crippen molar-refractivity contribution in [2.24, 2.45) is 0 Å². The maximum atomic E-state index is 12.5. The summed E-state index contributed by atoms with van der Waals surface area (Å²) in [5.41, 5.74) is 4.61. The van der Waals surface area contributed by atoms with E-state index in [9.17, 15) is 4.79 Å². The Bertz CT molecular complexity index is 885. The molecule has 2 atom stereocenters. The Kier molecular flexibility index (Phi) is 4.26. The zero-order chi connectivity index (χ0) is 17.1. The van der Waals surface area contributed by atoms with Crippen LogP contribution >= 0.6 is 0 Å². The zero-order valence-corrected chi connectivity index (χ0v) is 13.9. The van der Waals surface area contributed by atoms with Crippen LogP contribution in [0.4, 0.5) is 0 Å². The number of benzene rings is 2. The highest BCUT2D eigenvalue weighted by Gasteiger charge is 2.34. The molecule has 2 unspecified atom stereocenters. The van der Waals surface area contributed by atoms with Gasteiger partial charge in [-0.05, 0) is 40.5 Å². The standard InChI is InChI=1S/C23H19NO/c25-20-15-21(17-7-3-1-4-8-17)23(19-11-13-24-14-12-19)22(16-20)18-9-5-2-6-10-18/h1-15,22-23H,16H2. The molecule has 3 aromatic rings. The van der Waals surface area contributed by atoms with Crippen LogP contribution in [0.5, 0.6) is 0 Å². The predicted molar refractivity (Wildman–Crippen MR) is 100 cm³/mol. The monoisotopic (exact) mass is 325 g/mol. The third-order valence-electron chi connectivity index (χ3n) is 4.88. The van der Waals surface area contributed by atoms with Gasteiger partial charge < -0.3 is 0 Å². The number of nitrogens with zero attached hydrogens (tertiary/aromatic N) is 1. The second-order valence-electron chi connectivity index (χ2n) is 6.41. The van der Waals surface area contributed by atoms with Crippen LogP contribution in [0.2, 0.25) is 0 Å². The Morgan fingerprint density at radius 3 is 2.08 bits per heavy atom. The van der Waals surface area contributed by atoms with E-state index >= 15 is 0 Å². The number of carbonyl (C=O) groups is 1. The topological polar surface area (TPSA) is 30.0 Å². The lowest BCUT2D eigenvalue weighted by Gasteiger charge is -2.33. The summed E-state index contributed by atoms with van der Waals surface area (Å²) in [6, 6.07) is 24.7. The normalized spacial score (nSPS) is 20.2. The van der Waals surface area contributed by atoms with Crippen molar-refractivity contribution < 1.29 is 4.79 Å². The van der Waals surface area contributed by atoms with E-state index in [1.54, 1.807) is 0 Å². The number of hydrogen-bond donors (Lipinski definition) is 0. The zero-order valence-electron chi connectivity index (χ0n) is 13.9. The van der Waals surface area contributed by atoms with E-state index in [0.29, 0.717) is 6.42 Å². The first-order chi connectivity index (χ1) is 12.3. The van der Waals surface area contributed by atoms with Crippen LogP contribution in [0.15, 0.2) is 91.3 Å². The Hall–Kier alpha value is -3.00. The highest BCUT2D eigenvalue weighted by molar-refractivity contribution is 6.01. The third-order valence-corrected chi connectivity index (χ3v) is 4.88. The molecule has 25 heavy (non-hydrogen) atoms. The molecule has 1 aromatic heterocycles. The molecule has 0 radical (unpaired) electrons. The Labute approximate surface area is 147 Å². The lowest BCUT2D eigenvalue weighted by Crippen LogP contribution is -2.21. The van der Waals surface area contributed by atoms with Crippen molar-refractivity contribution >= 4 is 11.4 Å². The highest BCUT2D eigenvalue weighted by Crippen LogP contribution is 2.47. The maximum absolute atomic E-state index is 12.5. The van der Waals surface area contributed by atoms with Gasteiger partial charge in [0, 0.05) is 30.7 Å². The summed E-state index contributed by atoms with van der Waals surface area (Å²) in [6.45, 7) is 0. The summed E-state index contributed by atoms with van der Waals surface area (Å²) in [4.78, 5) is 16.7. The van der Waals surface area contributed by atoms with Crippen molar-refractivity contribution in [2.75, 3.05) is 0 Å². The number of aromatic nitrogens is 1. The van der Waals surface area contributed by atoms with Crippen LogP contribution in [0.1, 0.15) is 34.9 Å². The largest absolute Gasteiger partial charge is 0.295 e. The molecule has 0 fully saturated rings. The first-order valence-electron chi connectivity index (χ1n) is 8.57. The van der Waals surface area contributed by atoms with Gasteiger partial charge in [0.2, 0.25) is 0 Å². The summed E-state index contributed by atoms with van der Waals surface area (Å²) < 4.78 is 0. The summed E-state index contributed by atoms with van der Waals surface area (Å²) in [5, 5.41) is 0. The molecule has 1 aliphatic rings. The van der Waals surface area contributed by atoms with Crippen LogP contribution in [0.25, 0.3) is 5.57 Å². The molecule has 2 aromatic carbocycles. The molecule has 0 spiro atoms. The van der Waals surface area contributed by atoms with Crippen molar-refractivity contribution in [1.82, 2.24) is 4.98 Å². The fourth-order valence-corrected chi connectivity index (χ4v) is 3.76. The van der Waals surface area contributed by atoms with E-state index in [1.807, 2.05) is 54.9 Å². The summed E-state index contributed by atoms with van der Waals surface area (Å²) >= 11 is 0. The molecule has 2 heteroatoms. The molecule has 0 saturated carbocycles. The van der Waals surface area contributed by atoms with Crippen molar-refractivity contribution in [2.45, 2.75) is 18.3 Å². The number of rotatable bonds is 3. The van der Waals surface area contributed by atoms with Gasteiger partial charge in [-0.25, -0.2) is 0 Å². The second-order valence-corrected chi connectivity index (χ2v) is 6.41. The molecule has 0 N–H and O–H groups in total. The van der Waals surface area contributed by atoms with Gasteiger partial charge in [0.05, 0.1) is 0 Å². The Morgan fingerprint density at radius 2 is 1.40 bits per heavy atom. The van der Waals surface area contributed by atoms with E-state index < -0.39 is 0 Å². The van der Waals surface area contributed by atoms with Gasteiger partial charge in [-0.2, -0.15) is 0 Å². The molecule has 1 heterocycles. The number of carbonyl (C=O) groups excluding carboxylic acids is 1. The van der Waals surface area contributed by atoms with E-state index in [0.717, 1.165) is 11.1 Å². The molecule has 0 amide bonds. The number of ketones is 1. The van der Waals surface area contributed by atoms with Crippen LogP contribution < -0.4 is 0 Å². The van der Waals surface area contributed by atoms with Crippen LogP contribution in [0, 0.1) is 0 Å². The van der Waals surface area contributed by atoms with E-state index in [2.05, 4.69) is 41.4 Å². The smallest absolute Gasteiger partial charge is 0.156 e. The second kappa shape index (κ2) is 6.86. The number of hydrogen-bond acceptors (Lipinski definition) is 2. The minimum absolute atomic E-state index is 0.135. The molecule has 0 saturated heterocycles. The van der Waals surface area contributed by atoms with Crippen molar-refractivity contribution in [1.29, 1.82) is 0 Å². The van der Waals surface area contributed by atoms with Crippen molar-refractivity contribution in [3.05, 3.63) is 108 Å². The van der Waals surface area contributed by atoms with Crippen LogP contribution in [-0.4, -0.2) is 10.8 Å². The van der Waals surface area contributed by atoms with E-state index in [1.165, 1.54) is 11.1 Å². The number of allylic oxidation sites excluding steroid dienone is 2. The minimum atomic E-state index is 0.135. The van der Waals surface area contributed by atoms with Crippen LogP contribution in [-0.2, 0) is 4.79 Å². The molecular weight excluding hydrogens is 306 g/mol. The van der Waals surface area contributed by atoms with Gasteiger partial charge >= 0.3 is 0 Å². The Balaban J connectivity index is 1.88. The molecule has 4 rings (SSSR count). The lowest BCUT2D eigenvalue weighted by molar-refractivity contribution is -0.115. The van der Waals surface area contributed by atoms with E-state index in [-0.39, 0.29) is 17.6 Å². The first-order valence-corrected chi connectivity index (χ1v) is 8.57. The minimum Gasteiger partial charge on any atom is -0.295 e. The average Bonchev–Trinajstić information content (AvgIpc) is 2.69. The van der Waals surface area contributed by atoms with Gasteiger partial charge in [-0.3, -0.25) is 9.78 Å². The third kappa shape index (κ3) is 3.16. The quantitative estimate of drug-likeness (QED) is 0.678. The van der Waals surface area contributed by atoms with Crippen LogP contribution in [0.3, 0.4) is 0 Å². The molecule has 1 aliphatic carbocycles. The Morgan fingerprint density at radius 1 is 0.760 bits per heavy atom. The lowest BCUT2D eigenvalue weighted by atomic mass is 9.69. The van der Waals surface area contributed by atoms with Gasteiger partial charge in [-0.15, -0.1) is 0 Å². The maximum Gasteiger partial charge on any atom is 0.156 e. The average molecular weight is 325 g/mol. The predicted octanol–water partition coefficient (Wildman–Crippen LogP) is 5.01. The fourth-order valence-electron chi connectivity index (χ4n) is 3.76. The van der Waals surface area contributed by atoms with Gasteiger partial charge in [-0.1, -0.05) is 60.7 Å². The SMILES string of the molecule is O=C1C=C(c2ccccc2)C(c2ccncc2)C(c2ccccc2)C1. The fraction of sp³-hybridized carbons (Fsp3) is 0.130. The van der Waals surface area contributed by atoms with Gasteiger partial charge in [0.1, 0.15) is 0 Å².